The average molecular weight is 383 g/mol. The van der Waals surface area contributed by atoms with Gasteiger partial charge in [-0.05, 0) is 31.1 Å². The maximum Gasteiger partial charge on any atom is 0.253 e. The van der Waals surface area contributed by atoms with Gasteiger partial charge in [0.05, 0.1) is 11.8 Å². The van der Waals surface area contributed by atoms with Gasteiger partial charge >= 0.3 is 0 Å². The standard InChI is InChI=1S/C20H31F2N3O2/c1-25-18(23-19(26)27-15-11-20(21,22)12-15)17(14-8-5-9-14)16(24-25)10-13-6-3-2-4-7-13/h13-15,19,23,26H,2-12H2,1H3. The maximum absolute atomic E-state index is 13.0. The number of aliphatic hydroxyl groups excluding tert-OH is 1. The van der Waals surface area contributed by atoms with Gasteiger partial charge in [-0.15, -0.1) is 0 Å². The highest BCUT2D eigenvalue weighted by atomic mass is 19.3. The number of aromatic nitrogens is 2. The van der Waals surface area contributed by atoms with Crippen molar-refractivity contribution >= 4 is 5.82 Å². The van der Waals surface area contributed by atoms with Crippen molar-refractivity contribution in [1.82, 2.24) is 9.78 Å². The molecule has 152 valence electrons. The van der Waals surface area contributed by atoms with Crippen LogP contribution in [0.5, 0.6) is 0 Å². The number of halogens is 2. The number of nitrogens with one attached hydrogen (secondary N) is 1. The fourth-order valence-electron chi connectivity index (χ4n) is 4.74. The Labute approximate surface area is 159 Å². The SMILES string of the molecule is Cn1nc(CC2CCCCC2)c(C2CCC2)c1NC(O)OC1CC(F)(F)C1. The molecular formula is C20H31F2N3O2. The first-order chi connectivity index (χ1) is 12.9. The predicted molar refractivity (Wildman–Crippen MR) is 98.8 cm³/mol. The molecule has 0 bridgehead atoms. The molecule has 1 heterocycles. The number of nitrogens with zero attached hydrogens (tertiary/aromatic N) is 2. The van der Waals surface area contributed by atoms with Gasteiger partial charge in [0.1, 0.15) is 5.82 Å². The molecule has 0 spiro atoms. The Hall–Kier alpha value is -1.21. The highest BCUT2D eigenvalue weighted by Crippen LogP contribution is 2.43. The van der Waals surface area contributed by atoms with E-state index < -0.39 is 18.4 Å². The van der Waals surface area contributed by atoms with E-state index in [1.54, 1.807) is 4.68 Å². The minimum Gasteiger partial charge on any atom is -0.351 e. The Morgan fingerprint density at radius 3 is 2.48 bits per heavy atom. The monoisotopic (exact) mass is 383 g/mol. The molecule has 3 fully saturated rings. The van der Waals surface area contributed by atoms with Crippen LogP contribution >= 0.6 is 0 Å². The molecule has 0 radical (unpaired) electrons. The van der Waals surface area contributed by atoms with E-state index in [2.05, 4.69) is 5.32 Å². The summed E-state index contributed by atoms with van der Waals surface area (Å²) >= 11 is 0. The summed E-state index contributed by atoms with van der Waals surface area (Å²) in [4.78, 5) is 0. The van der Waals surface area contributed by atoms with E-state index in [0.717, 1.165) is 30.8 Å². The number of aliphatic hydroxyl groups is 1. The minimum absolute atomic E-state index is 0.320. The Kier molecular flexibility index (Phi) is 5.43. The summed E-state index contributed by atoms with van der Waals surface area (Å²) in [5.74, 6) is -0.705. The fourth-order valence-corrected chi connectivity index (χ4v) is 4.74. The van der Waals surface area contributed by atoms with Crippen LogP contribution in [0.15, 0.2) is 0 Å². The van der Waals surface area contributed by atoms with Crippen molar-refractivity contribution < 1.29 is 18.6 Å². The van der Waals surface area contributed by atoms with Crippen molar-refractivity contribution in [2.75, 3.05) is 5.32 Å². The third-order valence-corrected chi connectivity index (χ3v) is 6.51. The van der Waals surface area contributed by atoms with Crippen LogP contribution in [0.2, 0.25) is 0 Å². The van der Waals surface area contributed by atoms with Crippen LogP contribution in [0, 0.1) is 5.92 Å². The molecule has 4 rings (SSSR count). The van der Waals surface area contributed by atoms with E-state index in [4.69, 9.17) is 9.84 Å². The van der Waals surface area contributed by atoms with Crippen molar-refractivity contribution in [2.24, 2.45) is 13.0 Å². The fraction of sp³-hybridized carbons (Fsp3) is 0.850. The molecule has 0 aromatic carbocycles. The van der Waals surface area contributed by atoms with Crippen LogP contribution in [0.4, 0.5) is 14.6 Å². The zero-order valence-electron chi connectivity index (χ0n) is 16.1. The zero-order valence-corrected chi connectivity index (χ0v) is 16.1. The molecule has 0 aliphatic heterocycles. The topological polar surface area (TPSA) is 59.3 Å². The number of hydrogen-bond acceptors (Lipinski definition) is 4. The van der Waals surface area contributed by atoms with E-state index in [1.807, 2.05) is 7.05 Å². The largest absolute Gasteiger partial charge is 0.351 e. The van der Waals surface area contributed by atoms with Crippen LogP contribution in [0.3, 0.4) is 0 Å². The van der Waals surface area contributed by atoms with Crippen LogP contribution in [0.25, 0.3) is 0 Å². The van der Waals surface area contributed by atoms with E-state index in [1.165, 1.54) is 44.1 Å². The molecule has 0 saturated heterocycles. The van der Waals surface area contributed by atoms with Gasteiger partial charge in [-0.25, -0.2) is 8.78 Å². The Bertz CT molecular complexity index is 646. The second kappa shape index (κ2) is 7.66. The first-order valence-electron chi connectivity index (χ1n) is 10.4. The second-order valence-electron chi connectivity index (χ2n) is 8.69. The average Bonchev–Trinajstić information content (AvgIpc) is 2.81. The first-order valence-corrected chi connectivity index (χ1v) is 10.4. The van der Waals surface area contributed by atoms with Gasteiger partial charge in [0.25, 0.3) is 5.92 Å². The molecule has 1 aromatic heterocycles. The first kappa shape index (κ1) is 19.1. The van der Waals surface area contributed by atoms with E-state index in [9.17, 15) is 13.9 Å². The second-order valence-corrected chi connectivity index (χ2v) is 8.69. The summed E-state index contributed by atoms with van der Waals surface area (Å²) in [7, 11) is 1.87. The van der Waals surface area contributed by atoms with Gasteiger partial charge < -0.3 is 15.2 Å². The molecule has 3 aliphatic rings. The van der Waals surface area contributed by atoms with Crippen molar-refractivity contribution in [3.05, 3.63) is 11.3 Å². The lowest BCUT2D eigenvalue weighted by Gasteiger charge is -2.36. The van der Waals surface area contributed by atoms with E-state index >= 15 is 0 Å². The van der Waals surface area contributed by atoms with Crippen molar-refractivity contribution in [1.29, 1.82) is 0 Å². The molecule has 1 unspecified atom stereocenters. The lowest BCUT2D eigenvalue weighted by Crippen LogP contribution is -2.44. The Morgan fingerprint density at radius 2 is 1.89 bits per heavy atom. The molecule has 3 aliphatic carbocycles. The number of ether oxygens (including phenoxy) is 1. The number of anilines is 1. The Balaban J connectivity index is 1.45. The highest BCUT2D eigenvalue weighted by molar-refractivity contribution is 5.51. The summed E-state index contributed by atoms with van der Waals surface area (Å²) in [6.45, 7) is 0. The lowest BCUT2D eigenvalue weighted by atomic mass is 9.77. The summed E-state index contributed by atoms with van der Waals surface area (Å²) in [5, 5.41) is 18.0. The van der Waals surface area contributed by atoms with Gasteiger partial charge in [0, 0.05) is 25.5 Å². The van der Waals surface area contributed by atoms with E-state index in [0.29, 0.717) is 11.8 Å². The van der Waals surface area contributed by atoms with Gasteiger partial charge in [-0.2, -0.15) is 5.10 Å². The molecule has 3 saturated carbocycles. The summed E-state index contributed by atoms with van der Waals surface area (Å²) < 4.78 is 33.1. The van der Waals surface area contributed by atoms with Gasteiger partial charge in [-0.3, -0.25) is 4.68 Å². The third-order valence-electron chi connectivity index (χ3n) is 6.51. The summed E-state index contributed by atoms with van der Waals surface area (Å²) in [6, 6.07) is 0. The van der Waals surface area contributed by atoms with Crippen molar-refractivity contribution in [3.8, 4) is 0 Å². The number of rotatable bonds is 7. The number of alkyl halides is 2. The summed E-state index contributed by atoms with van der Waals surface area (Å²) in [6.07, 6.45) is 8.46. The molecule has 1 atom stereocenters. The van der Waals surface area contributed by atoms with Gasteiger partial charge in [-0.1, -0.05) is 38.5 Å². The Morgan fingerprint density at radius 1 is 1.19 bits per heavy atom. The highest BCUT2D eigenvalue weighted by Gasteiger charge is 2.47. The number of hydrogen-bond donors (Lipinski definition) is 2. The molecule has 5 nitrogen and oxygen atoms in total. The molecule has 0 amide bonds. The van der Waals surface area contributed by atoms with Gasteiger partial charge in [0.2, 0.25) is 6.41 Å². The third kappa shape index (κ3) is 4.29. The predicted octanol–water partition coefficient (Wildman–Crippen LogP) is 4.31. The minimum atomic E-state index is -2.65. The van der Waals surface area contributed by atoms with Gasteiger partial charge in [0.15, 0.2) is 0 Å². The smallest absolute Gasteiger partial charge is 0.253 e. The maximum atomic E-state index is 13.0. The van der Waals surface area contributed by atoms with Crippen LogP contribution in [0.1, 0.15) is 81.4 Å². The van der Waals surface area contributed by atoms with E-state index in [-0.39, 0.29) is 12.8 Å². The molecule has 2 N–H and O–H groups in total. The van der Waals surface area contributed by atoms with Crippen LogP contribution in [-0.2, 0) is 18.2 Å². The van der Waals surface area contributed by atoms with Crippen LogP contribution < -0.4 is 5.32 Å². The molecule has 27 heavy (non-hydrogen) atoms. The lowest BCUT2D eigenvalue weighted by molar-refractivity contribution is -0.214. The van der Waals surface area contributed by atoms with Crippen molar-refractivity contribution in [2.45, 2.75) is 95.0 Å². The molecule has 1 aromatic rings. The number of aryl methyl sites for hydroxylation is 1. The van der Waals surface area contributed by atoms with Crippen molar-refractivity contribution in [3.63, 3.8) is 0 Å². The quantitative estimate of drug-likeness (QED) is 0.689. The normalized spacial score (nSPS) is 25.0. The molecular weight excluding hydrogens is 352 g/mol. The summed E-state index contributed by atoms with van der Waals surface area (Å²) in [5.41, 5.74) is 2.34. The van der Waals surface area contributed by atoms with Crippen LogP contribution in [-0.4, -0.2) is 33.3 Å². The zero-order chi connectivity index (χ0) is 19.0. The molecule has 7 heteroatoms.